The van der Waals surface area contributed by atoms with E-state index in [-0.39, 0.29) is 41.9 Å². The standard InChI is InChI=1S/C25H31FN5O6P/c1-14(2)36-25(33)16(4)30-38(34,37-17-8-6-5-7-9-17)35-12-19-15(3)22(18(19)11-32)31-10-20(26)21-23(27)28-13-29-24(21)31/h5-10,13-14,16,18-19,22,32H,3,11-12H2,1-2,4H3,(H,30,34)(H2,27,28,29)/t16-,18+,19-,22+,38?/m0/s1. The fourth-order valence-corrected chi connectivity index (χ4v) is 6.02. The minimum absolute atomic E-state index is 0.00630. The van der Waals surface area contributed by atoms with Gasteiger partial charge in [0.1, 0.15) is 29.6 Å². The highest BCUT2D eigenvalue weighted by atomic mass is 31.2. The number of halogens is 1. The first-order valence-corrected chi connectivity index (χ1v) is 13.6. The summed E-state index contributed by atoms with van der Waals surface area (Å²) in [4.78, 5) is 20.3. The first kappa shape index (κ1) is 27.7. The summed E-state index contributed by atoms with van der Waals surface area (Å²) < 4.78 is 46.6. The van der Waals surface area contributed by atoms with Gasteiger partial charge in [0.25, 0.3) is 0 Å². The molecule has 1 aromatic carbocycles. The molecule has 0 bridgehead atoms. The average molecular weight is 548 g/mol. The molecule has 11 nitrogen and oxygen atoms in total. The number of ether oxygens (including phenoxy) is 1. The third-order valence-electron chi connectivity index (χ3n) is 6.33. The first-order valence-electron chi connectivity index (χ1n) is 12.1. The Hall–Kier alpha value is -3.31. The molecule has 2 heterocycles. The molecule has 1 saturated carbocycles. The molecule has 2 aromatic heterocycles. The zero-order valence-electron chi connectivity index (χ0n) is 21.3. The van der Waals surface area contributed by atoms with Gasteiger partial charge in [-0.1, -0.05) is 24.8 Å². The van der Waals surface area contributed by atoms with E-state index >= 15 is 0 Å². The van der Waals surface area contributed by atoms with E-state index < -0.39 is 43.5 Å². The Morgan fingerprint density at radius 2 is 2.00 bits per heavy atom. The number of hydrogen-bond acceptors (Lipinski definition) is 9. The van der Waals surface area contributed by atoms with Gasteiger partial charge in [0.15, 0.2) is 5.82 Å². The van der Waals surface area contributed by atoms with Crippen molar-refractivity contribution in [2.75, 3.05) is 18.9 Å². The van der Waals surface area contributed by atoms with Crippen LogP contribution in [0.4, 0.5) is 10.2 Å². The molecule has 0 radical (unpaired) electrons. The summed E-state index contributed by atoms with van der Waals surface area (Å²) in [6.45, 7) is 8.57. The van der Waals surface area contributed by atoms with Crippen LogP contribution in [-0.2, 0) is 18.6 Å². The van der Waals surface area contributed by atoms with Crippen molar-refractivity contribution in [2.24, 2.45) is 11.8 Å². The smallest absolute Gasteiger partial charge is 0.459 e. The van der Waals surface area contributed by atoms with E-state index in [1.54, 1.807) is 48.7 Å². The third-order valence-corrected chi connectivity index (χ3v) is 7.98. The van der Waals surface area contributed by atoms with Gasteiger partial charge in [0.05, 0.1) is 24.1 Å². The second-order valence-corrected chi connectivity index (χ2v) is 11.0. The van der Waals surface area contributed by atoms with E-state index in [1.807, 2.05) is 0 Å². The number of esters is 1. The van der Waals surface area contributed by atoms with Gasteiger partial charge in [-0.2, -0.15) is 5.09 Å². The number of hydrogen-bond donors (Lipinski definition) is 3. The third kappa shape index (κ3) is 5.58. The van der Waals surface area contributed by atoms with Crippen LogP contribution in [0.5, 0.6) is 5.75 Å². The summed E-state index contributed by atoms with van der Waals surface area (Å²) in [5.74, 6) is -1.84. The fraction of sp³-hybridized carbons (Fsp3) is 0.400. The van der Waals surface area contributed by atoms with Crippen LogP contribution in [0.1, 0.15) is 26.8 Å². The quantitative estimate of drug-likeness (QED) is 0.184. The number of benzene rings is 1. The number of aliphatic hydroxyl groups is 1. The van der Waals surface area contributed by atoms with E-state index in [0.29, 0.717) is 5.57 Å². The number of aromatic nitrogens is 3. The van der Waals surface area contributed by atoms with Crippen molar-refractivity contribution in [3.63, 3.8) is 0 Å². The van der Waals surface area contributed by atoms with Gasteiger partial charge < -0.3 is 24.7 Å². The lowest BCUT2D eigenvalue weighted by molar-refractivity contribution is -0.149. The second kappa shape index (κ2) is 11.2. The van der Waals surface area contributed by atoms with Crippen LogP contribution < -0.4 is 15.3 Å². The first-order chi connectivity index (χ1) is 18.0. The van der Waals surface area contributed by atoms with E-state index in [2.05, 4.69) is 21.6 Å². The molecule has 3 aromatic rings. The van der Waals surface area contributed by atoms with Gasteiger partial charge >= 0.3 is 13.7 Å². The highest BCUT2D eigenvalue weighted by molar-refractivity contribution is 7.52. The van der Waals surface area contributed by atoms with Gasteiger partial charge in [-0.05, 0) is 38.5 Å². The van der Waals surface area contributed by atoms with Gasteiger partial charge in [-0.3, -0.25) is 9.32 Å². The van der Waals surface area contributed by atoms with Crippen LogP contribution >= 0.6 is 7.75 Å². The SMILES string of the molecule is C=C1[C@@H](n2cc(F)c3c(N)ncnc32)[C@H](CO)[C@H]1COP(=O)(N[C@@H](C)C(=O)OC(C)C)Oc1ccccc1. The van der Waals surface area contributed by atoms with Crippen LogP contribution in [-0.4, -0.2) is 51.0 Å². The number of carbonyl (C=O) groups is 1. The topological polar surface area (TPSA) is 151 Å². The van der Waals surface area contributed by atoms with Crippen molar-refractivity contribution in [2.45, 2.75) is 39.0 Å². The number of para-hydroxylation sites is 1. The summed E-state index contributed by atoms with van der Waals surface area (Å²) in [7, 11) is -4.10. The van der Waals surface area contributed by atoms with Crippen LogP contribution in [0, 0.1) is 17.7 Å². The molecule has 0 saturated heterocycles. The van der Waals surface area contributed by atoms with Gasteiger partial charge in [0, 0.05) is 24.6 Å². The van der Waals surface area contributed by atoms with Crippen molar-refractivity contribution in [1.29, 1.82) is 0 Å². The average Bonchev–Trinajstić information content (AvgIpc) is 3.19. The van der Waals surface area contributed by atoms with E-state index in [1.165, 1.54) is 19.4 Å². The number of rotatable bonds is 11. The van der Waals surface area contributed by atoms with E-state index in [9.17, 15) is 18.9 Å². The minimum atomic E-state index is -4.10. The number of nitrogens with two attached hydrogens (primary N) is 1. The van der Waals surface area contributed by atoms with Crippen molar-refractivity contribution in [3.8, 4) is 5.75 Å². The summed E-state index contributed by atoms with van der Waals surface area (Å²) in [6.07, 6.45) is 2.12. The Kier molecular flexibility index (Phi) is 8.17. The predicted molar refractivity (Wildman–Crippen MR) is 139 cm³/mol. The molecule has 38 heavy (non-hydrogen) atoms. The number of fused-ring (bicyclic) bond motifs is 1. The Morgan fingerprint density at radius 1 is 1.29 bits per heavy atom. The molecule has 4 N–H and O–H groups in total. The maximum absolute atomic E-state index is 14.6. The maximum atomic E-state index is 14.6. The Balaban J connectivity index is 1.53. The number of aliphatic hydroxyl groups excluding tert-OH is 1. The summed E-state index contributed by atoms with van der Waals surface area (Å²) in [6, 6.07) is 6.87. The molecule has 13 heteroatoms. The Labute approximate surface area is 219 Å². The Morgan fingerprint density at radius 3 is 2.66 bits per heavy atom. The molecule has 1 fully saturated rings. The van der Waals surface area contributed by atoms with Crippen molar-refractivity contribution < 1.29 is 32.6 Å². The van der Waals surface area contributed by atoms with Crippen LogP contribution in [0.3, 0.4) is 0 Å². The van der Waals surface area contributed by atoms with Crippen LogP contribution in [0.15, 0.2) is 55.0 Å². The van der Waals surface area contributed by atoms with Gasteiger partial charge in [-0.25, -0.2) is 18.9 Å². The fourth-order valence-electron chi connectivity index (χ4n) is 4.50. The van der Waals surface area contributed by atoms with E-state index in [0.717, 1.165) is 0 Å². The van der Waals surface area contributed by atoms with Crippen LogP contribution in [0.25, 0.3) is 11.0 Å². The number of carbonyl (C=O) groups excluding carboxylic acids is 1. The zero-order valence-corrected chi connectivity index (χ0v) is 22.2. The second-order valence-electron chi connectivity index (χ2n) is 9.35. The molecule has 1 unspecified atom stereocenters. The predicted octanol–water partition coefficient (Wildman–Crippen LogP) is 3.62. The minimum Gasteiger partial charge on any atom is -0.462 e. The molecule has 0 amide bonds. The van der Waals surface area contributed by atoms with Gasteiger partial charge in [-0.15, -0.1) is 0 Å². The van der Waals surface area contributed by atoms with Crippen molar-refractivity contribution in [1.82, 2.24) is 19.6 Å². The lowest BCUT2D eigenvalue weighted by Crippen LogP contribution is -2.45. The summed E-state index contributed by atoms with van der Waals surface area (Å²) in [5, 5.41) is 12.9. The lowest BCUT2D eigenvalue weighted by atomic mass is 9.66. The molecule has 1 aliphatic carbocycles. The molecule has 4 rings (SSSR count). The Bertz CT molecular complexity index is 1370. The zero-order chi connectivity index (χ0) is 27.6. The van der Waals surface area contributed by atoms with Crippen molar-refractivity contribution >= 4 is 30.6 Å². The normalized spacial score (nSPS) is 21.6. The molecular formula is C25H31FN5O6P. The van der Waals surface area contributed by atoms with Gasteiger partial charge in [0.2, 0.25) is 0 Å². The summed E-state index contributed by atoms with van der Waals surface area (Å²) >= 11 is 0. The number of nitrogen functional groups attached to an aromatic ring is 1. The molecule has 1 aliphatic rings. The highest BCUT2D eigenvalue weighted by Gasteiger charge is 2.47. The monoisotopic (exact) mass is 547 g/mol. The molecule has 5 atom stereocenters. The maximum Gasteiger partial charge on any atom is 0.459 e. The molecule has 0 spiro atoms. The molecule has 204 valence electrons. The summed E-state index contributed by atoms with van der Waals surface area (Å²) in [5.41, 5.74) is 6.71. The van der Waals surface area contributed by atoms with Crippen LogP contribution in [0.2, 0.25) is 0 Å². The lowest BCUT2D eigenvalue weighted by Gasteiger charge is -2.47. The largest absolute Gasteiger partial charge is 0.462 e. The molecular weight excluding hydrogens is 516 g/mol. The number of anilines is 1. The van der Waals surface area contributed by atoms with Crippen molar-refractivity contribution in [3.05, 3.63) is 60.8 Å². The number of nitrogens with one attached hydrogen (secondary N) is 1. The van der Waals surface area contributed by atoms with E-state index in [4.69, 9.17) is 19.5 Å². The molecule has 0 aliphatic heterocycles. The highest BCUT2D eigenvalue weighted by Crippen LogP contribution is 2.53. The number of nitrogens with zero attached hydrogens (tertiary/aromatic N) is 3.